The van der Waals surface area contributed by atoms with E-state index in [0.717, 1.165) is 37.3 Å². The molecule has 4 aromatic rings. The quantitative estimate of drug-likeness (QED) is 0.377. The molecule has 10 heteroatoms. The number of carbonyl (C=O) groups is 1. The van der Waals surface area contributed by atoms with Crippen LogP contribution in [-0.4, -0.2) is 55.2 Å². The third-order valence-corrected chi connectivity index (χ3v) is 5.62. The number of rotatable bonds is 7. The van der Waals surface area contributed by atoms with Crippen LogP contribution < -0.4 is 16.0 Å². The molecule has 2 aromatic heterocycles. The lowest BCUT2D eigenvalue weighted by Crippen LogP contribution is -2.25. The standard InChI is InChI=1S/C25H25N9O/c35-25(30-22-14-26-10-11-27-22)31-23-15-28-24(33-32-23)19-7-4-8-20(13-19)29-21-9-12-34(17-21)16-18-5-2-1-3-6-18/h1-8,10-11,13-15,21,29H,9,12,16-17H2,(H2,27,30,31,32,35). The summed E-state index contributed by atoms with van der Waals surface area (Å²) in [4.78, 5) is 26.8. The third-order valence-electron chi connectivity index (χ3n) is 5.62. The van der Waals surface area contributed by atoms with E-state index in [0.29, 0.717) is 17.7 Å². The monoisotopic (exact) mass is 467 g/mol. The van der Waals surface area contributed by atoms with Crippen LogP contribution in [0.2, 0.25) is 0 Å². The highest BCUT2D eigenvalue weighted by atomic mass is 16.2. The molecule has 1 aliphatic heterocycles. The molecule has 3 heterocycles. The van der Waals surface area contributed by atoms with Crippen molar-refractivity contribution in [3.63, 3.8) is 0 Å². The highest BCUT2D eigenvalue weighted by Gasteiger charge is 2.22. The number of amides is 2. The summed E-state index contributed by atoms with van der Waals surface area (Å²) in [5.41, 5.74) is 3.20. The van der Waals surface area contributed by atoms with Crippen molar-refractivity contribution in [2.24, 2.45) is 0 Å². The molecule has 3 N–H and O–H groups in total. The summed E-state index contributed by atoms with van der Waals surface area (Å²) in [6.07, 6.45) is 7.02. The molecule has 2 aromatic carbocycles. The van der Waals surface area contributed by atoms with Gasteiger partial charge in [0.15, 0.2) is 17.5 Å². The van der Waals surface area contributed by atoms with Gasteiger partial charge in [-0.05, 0) is 24.1 Å². The van der Waals surface area contributed by atoms with Crippen molar-refractivity contribution in [1.29, 1.82) is 0 Å². The van der Waals surface area contributed by atoms with Gasteiger partial charge >= 0.3 is 6.03 Å². The Morgan fingerprint density at radius 2 is 1.83 bits per heavy atom. The molecule has 1 saturated heterocycles. The SMILES string of the molecule is O=C(Nc1cnccn1)Nc1cnc(-c2cccc(NC3CCN(Cc4ccccc4)C3)c2)nn1. The first-order valence-electron chi connectivity index (χ1n) is 11.4. The lowest BCUT2D eigenvalue weighted by Gasteiger charge is -2.17. The van der Waals surface area contributed by atoms with E-state index in [2.05, 4.69) is 70.3 Å². The lowest BCUT2D eigenvalue weighted by atomic mass is 10.1. The van der Waals surface area contributed by atoms with Gasteiger partial charge in [0.2, 0.25) is 0 Å². The Labute approximate surface area is 202 Å². The second-order valence-corrected chi connectivity index (χ2v) is 8.27. The number of hydrogen-bond acceptors (Lipinski definition) is 8. The molecule has 0 saturated carbocycles. The van der Waals surface area contributed by atoms with Crippen LogP contribution in [0, 0.1) is 0 Å². The molecule has 1 fully saturated rings. The summed E-state index contributed by atoms with van der Waals surface area (Å²) < 4.78 is 0. The topological polar surface area (TPSA) is 121 Å². The zero-order valence-corrected chi connectivity index (χ0v) is 19.0. The number of hydrogen-bond donors (Lipinski definition) is 3. The van der Waals surface area contributed by atoms with E-state index >= 15 is 0 Å². The van der Waals surface area contributed by atoms with Crippen molar-refractivity contribution in [2.45, 2.75) is 19.0 Å². The van der Waals surface area contributed by atoms with Crippen LogP contribution in [-0.2, 0) is 6.54 Å². The number of likely N-dealkylation sites (tertiary alicyclic amines) is 1. The predicted molar refractivity (Wildman–Crippen MR) is 134 cm³/mol. The smallest absolute Gasteiger partial charge is 0.326 e. The molecule has 0 bridgehead atoms. The van der Waals surface area contributed by atoms with Gasteiger partial charge in [-0.3, -0.25) is 20.5 Å². The first-order valence-corrected chi connectivity index (χ1v) is 11.4. The first-order chi connectivity index (χ1) is 17.2. The fraction of sp³-hybridized carbons (Fsp3) is 0.200. The van der Waals surface area contributed by atoms with E-state index < -0.39 is 6.03 Å². The second kappa shape index (κ2) is 10.7. The minimum absolute atomic E-state index is 0.230. The zero-order chi connectivity index (χ0) is 23.9. The van der Waals surface area contributed by atoms with Gasteiger partial charge in [0.05, 0.1) is 12.4 Å². The highest BCUT2D eigenvalue weighted by molar-refractivity contribution is 5.98. The maximum absolute atomic E-state index is 12.1. The normalized spacial score (nSPS) is 15.5. The van der Waals surface area contributed by atoms with E-state index in [4.69, 9.17) is 0 Å². The van der Waals surface area contributed by atoms with Crippen molar-refractivity contribution < 1.29 is 4.79 Å². The molecular weight excluding hydrogens is 442 g/mol. The van der Waals surface area contributed by atoms with Crippen molar-refractivity contribution in [3.8, 4) is 11.4 Å². The largest absolute Gasteiger partial charge is 0.381 e. The Balaban J connectivity index is 1.16. The fourth-order valence-corrected chi connectivity index (χ4v) is 4.01. The summed E-state index contributed by atoms with van der Waals surface area (Å²) in [6.45, 7) is 3.03. The summed E-state index contributed by atoms with van der Waals surface area (Å²) in [7, 11) is 0. The average Bonchev–Trinajstić information content (AvgIpc) is 3.32. The Morgan fingerprint density at radius 1 is 0.943 bits per heavy atom. The van der Waals surface area contributed by atoms with Crippen molar-refractivity contribution in [1.82, 2.24) is 30.0 Å². The number of carbonyl (C=O) groups excluding carboxylic acids is 1. The van der Waals surface area contributed by atoms with Gasteiger partial charge in [-0.25, -0.2) is 14.8 Å². The molecule has 10 nitrogen and oxygen atoms in total. The number of aromatic nitrogens is 5. The van der Waals surface area contributed by atoms with Crippen molar-refractivity contribution in [2.75, 3.05) is 29.0 Å². The van der Waals surface area contributed by atoms with Crippen LogP contribution in [0.4, 0.5) is 22.1 Å². The first kappa shape index (κ1) is 22.4. The number of benzene rings is 2. The minimum atomic E-state index is -0.501. The van der Waals surface area contributed by atoms with Gasteiger partial charge in [-0.15, -0.1) is 10.2 Å². The van der Waals surface area contributed by atoms with E-state index in [1.54, 1.807) is 0 Å². The molecule has 35 heavy (non-hydrogen) atoms. The summed E-state index contributed by atoms with van der Waals surface area (Å²) in [5, 5.41) is 17.0. The fourth-order valence-electron chi connectivity index (χ4n) is 4.01. The molecule has 2 amide bonds. The van der Waals surface area contributed by atoms with Gasteiger partial charge < -0.3 is 5.32 Å². The highest BCUT2D eigenvalue weighted by Crippen LogP contribution is 2.22. The molecular formula is C25H25N9O. The lowest BCUT2D eigenvalue weighted by molar-refractivity contribution is 0.262. The summed E-state index contributed by atoms with van der Waals surface area (Å²) in [6, 6.07) is 18.4. The molecule has 1 atom stereocenters. The zero-order valence-electron chi connectivity index (χ0n) is 19.0. The molecule has 0 aliphatic carbocycles. The Morgan fingerprint density at radius 3 is 2.63 bits per heavy atom. The van der Waals surface area contributed by atoms with Gasteiger partial charge in [0.25, 0.3) is 0 Å². The third kappa shape index (κ3) is 6.12. The molecule has 1 unspecified atom stereocenters. The molecule has 1 aliphatic rings. The van der Waals surface area contributed by atoms with Crippen molar-refractivity contribution in [3.05, 3.63) is 84.9 Å². The second-order valence-electron chi connectivity index (χ2n) is 8.27. The van der Waals surface area contributed by atoms with E-state index in [1.165, 1.54) is 30.4 Å². The number of nitrogens with zero attached hydrogens (tertiary/aromatic N) is 6. The van der Waals surface area contributed by atoms with Crippen LogP contribution in [0.25, 0.3) is 11.4 Å². The molecule has 0 spiro atoms. The van der Waals surface area contributed by atoms with Crippen LogP contribution in [0.15, 0.2) is 79.4 Å². The van der Waals surface area contributed by atoms with E-state index in [9.17, 15) is 4.79 Å². The van der Waals surface area contributed by atoms with Crippen LogP contribution in [0.3, 0.4) is 0 Å². The Kier molecular flexibility index (Phi) is 6.81. The van der Waals surface area contributed by atoms with Crippen LogP contribution >= 0.6 is 0 Å². The van der Waals surface area contributed by atoms with E-state index in [1.807, 2.05) is 30.3 Å². The van der Waals surface area contributed by atoms with Crippen molar-refractivity contribution >= 4 is 23.4 Å². The van der Waals surface area contributed by atoms with Gasteiger partial charge in [0, 0.05) is 49.3 Å². The number of urea groups is 1. The maximum atomic E-state index is 12.1. The van der Waals surface area contributed by atoms with E-state index in [-0.39, 0.29) is 5.82 Å². The maximum Gasteiger partial charge on any atom is 0.326 e. The number of nitrogens with one attached hydrogen (secondary N) is 3. The van der Waals surface area contributed by atoms with Gasteiger partial charge in [-0.1, -0.05) is 42.5 Å². The minimum Gasteiger partial charge on any atom is -0.381 e. The van der Waals surface area contributed by atoms with Crippen LogP contribution in [0.1, 0.15) is 12.0 Å². The summed E-state index contributed by atoms with van der Waals surface area (Å²) >= 11 is 0. The van der Waals surface area contributed by atoms with Gasteiger partial charge in [-0.2, -0.15) is 0 Å². The Bertz CT molecular complexity index is 1250. The predicted octanol–water partition coefficient (Wildman–Crippen LogP) is 3.66. The molecule has 0 radical (unpaired) electrons. The molecule has 5 rings (SSSR count). The summed E-state index contributed by atoms with van der Waals surface area (Å²) in [5.74, 6) is 1.04. The number of anilines is 3. The van der Waals surface area contributed by atoms with Crippen LogP contribution in [0.5, 0.6) is 0 Å². The average molecular weight is 468 g/mol. The van der Waals surface area contributed by atoms with Gasteiger partial charge in [0.1, 0.15) is 0 Å². The molecule has 176 valence electrons. The Hall–Kier alpha value is -4.44.